The minimum absolute atomic E-state index is 0.0597. The zero-order valence-corrected chi connectivity index (χ0v) is 18.1. The molecule has 2 rings (SSSR count). The Morgan fingerprint density at radius 3 is 2.31 bits per heavy atom. The Balaban J connectivity index is 2.15. The summed E-state index contributed by atoms with van der Waals surface area (Å²) in [5.41, 5.74) is 3.09. The van der Waals surface area contributed by atoms with Crippen molar-refractivity contribution in [2.24, 2.45) is 0 Å². The molecule has 0 heterocycles. The van der Waals surface area contributed by atoms with Crippen molar-refractivity contribution in [1.29, 1.82) is 0 Å². The number of hydrogen-bond acceptors (Lipinski definition) is 3. The maximum absolute atomic E-state index is 13.0. The second kappa shape index (κ2) is 10.6. The highest BCUT2D eigenvalue weighted by molar-refractivity contribution is 5.88. The molecule has 2 amide bonds. The topological polar surface area (TPSA) is 58.6 Å². The van der Waals surface area contributed by atoms with Crippen LogP contribution in [0.2, 0.25) is 0 Å². The van der Waals surface area contributed by atoms with Gasteiger partial charge >= 0.3 is 0 Å². The number of rotatable bonds is 9. The molecule has 2 aromatic rings. The Kier molecular flexibility index (Phi) is 8.25. The van der Waals surface area contributed by atoms with Gasteiger partial charge in [-0.15, -0.1) is 0 Å². The fourth-order valence-electron chi connectivity index (χ4n) is 2.88. The van der Waals surface area contributed by atoms with Gasteiger partial charge in [-0.25, -0.2) is 0 Å². The molecule has 0 spiro atoms. The van der Waals surface area contributed by atoms with Crippen molar-refractivity contribution in [2.75, 3.05) is 6.61 Å². The molecule has 0 aliphatic heterocycles. The lowest BCUT2D eigenvalue weighted by atomic mass is 10.1. The Morgan fingerprint density at radius 2 is 1.69 bits per heavy atom. The predicted molar refractivity (Wildman–Crippen MR) is 116 cm³/mol. The second-order valence-electron chi connectivity index (χ2n) is 7.56. The van der Waals surface area contributed by atoms with Gasteiger partial charge in [0.1, 0.15) is 11.8 Å². The smallest absolute Gasteiger partial charge is 0.261 e. The standard InChI is InChI=1S/C24H32N2O3/c1-6-19(4)25-24(28)20(5)26(15-21-13-11-17(2)12-14-21)23(27)16-29-22-10-8-7-9-18(22)3/h7-14,19-20H,6,15-16H2,1-5H3,(H,25,28)/t19-,20+/m0/s1. The van der Waals surface area contributed by atoms with Gasteiger partial charge in [0.25, 0.3) is 5.91 Å². The molecule has 0 aliphatic carbocycles. The molecule has 5 nitrogen and oxygen atoms in total. The highest BCUT2D eigenvalue weighted by Crippen LogP contribution is 2.17. The highest BCUT2D eigenvalue weighted by Gasteiger charge is 2.27. The van der Waals surface area contributed by atoms with Gasteiger partial charge < -0.3 is 15.0 Å². The summed E-state index contributed by atoms with van der Waals surface area (Å²) in [6, 6.07) is 15.0. The molecule has 0 aliphatic rings. The molecule has 2 atom stereocenters. The lowest BCUT2D eigenvalue weighted by Crippen LogP contribution is -2.50. The number of carbonyl (C=O) groups is 2. The normalized spacial score (nSPS) is 12.7. The fraction of sp³-hybridized carbons (Fsp3) is 0.417. The van der Waals surface area contributed by atoms with Crippen molar-refractivity contribution in [3.8, 4) is 5.75 Å². The summed E-state index contributed by atoms with van der Waals surface area (Å²) in [4.78, 5) is 27.3. The molecule has 5 heteroatoms. The second-order valence-corrected chi connectivity index (χ2v) is 7.56. The predicted octanol–water partition coefficient (Wildman–Crippen LogP) is 4.01. The van der Waals surface area contributed by atoms with Crippen LogP contribution in [-0.4, -0.2) is 35.4 Å². The van der Waals surface area contributed by atoms with Crippen LogP contribution in [0.5, 0.6) is 5.75 Å². The summed E-state index contributed by atoms with van der Waals surface area (Å²) in [6.45, 7) is 9.93. The van der Waals surface area contributed by atoms with Crippen LogP contribution < -0.4 is 10.1 Å². The van der Waals surface area contributed by atoms with Crippen LogP contribution in [0, 0.1) is 13.8 Å². The van der Waals surface area contributed by atoms with Gasteiger partial charge in [-0.05, 0) is 51.3 Å². The number of nitrogens with one attached hydrogen (secondary N) is 1. The first-order chi connectivity index (χ1) is 13.8. The van der Waals surface area contributed by atoms with E-state index in [0.717, 1.165) is 23.1 Å². The maximum atomic E-state index is 13.0. The van der Waals surface area contributed by atoms with Gasteiger partial charge in [-0.2, -0.15) is 0 Å². The van der Waals surface area contributed by atoms with Crippen LogP contribution >= 0.6 is 0 Å². The average Bonchev–Trinajstić information content (AvgIpc) is 2.71. The average molecular weight is 397 g/mol. The van der Waals surface area contributed by atoms with E-state index in [1.807, 2.05) is 76.2 Å². The van der Waals surface area contributed by atoms with E-state index in [1.54, 1.807) is 11.8 Å². The number of aryl methyl sites for hydroxylation is 2. The van der Waals surface area contributed by atoms with E-state index in [4.69, 9.17) is 4.74 Å². The van der Waals surface area contributed by atoms with Gasteiger partial charge in [0.15, 0.2) is 6.61 Å². The summed E-state index contributed by atoms with van der Waals surface area (Å²) >= 11 is 0. The van der Waals surface area contributed by atoms with Crippen molar-refractivity contribution < 1.29 is 14.3 Å². The van der Waals surface area contributed by atoms with E-state index in [-0.39, 0.29) is 24.5 Å². The van der Waals surface area contributed by atoms with Gasteiger partial charge in [-0.1, -0.05) is 55.0 Å². The molecule has 156 valence electrons. The minimum atomic E-state index is -0.599. The fourth-order valence-corrected chi connectivity index (χ4v) is 2.88. The molecule has 0 unspecified atom stereocenters. The molecule has 2 aromatic carbocycles. The first-order valence-corrected chi connectivity index (χ1v) is 10.2. The van der Waals surface area contributed by atoms with E-state index < -0.39 is 6.04 Å². The molecule has 0 saturated heterocycles. The van der Waals surface area contributed by atoms with Gasteiger partial charge in [-0.3, -0.25) is 9.59 Å². The van der Waals surface area contributed by atoms with E-state index >= 15 is 0 Å². The van der Waals surface area contributed by atoms with Crippen LogP contribution in [-0.2, 0) is 16.1 Å². The molecular weight excluding hydrogens is 364 g/mol. The van der Waals surface area contributed by atoms with E-state index in [0.29, 0.717) is 12.3 Å². The third kappa shape index (κ3) is 6.63. The molecule has 0 aromatic heterocycles. The van der Waals surface area contributed by atoms with Crippen molar-refractivity contribution in [3.63, 3.8) is 0 Å². The molecular formula is C24H32N2O3. The quantitative estimate of drug-likeness (QED) is 0.697. The summed E-state index contributed by atoms with van der Waals surface area (Å²) < 4.78 is 5.75. The number of nitrogens with zero attached hydrogens (tertiary/aromatic N) is 1. The minimum Gasteiger partial charge on any atom is -0.484 e. The Bertz CT molecular complexity index is 817. The molecule has 0 fully saturated rings. The lowest BCUT2D eigenvalue weighted by Gasteiger charge is -2.29. The van der Waals surface area contributed by atoms with Crippen LogP contribution in [0.15, 0.2) is 48.5 Å². The number of amides is 2. The summed E-state index contributed by atoms with van der Waals surface area (Å²) in [7, 11) is 0. The van der Waals surface area contributed by atoms with E-state index in [1.165, 1.54) is 0 Å². The first-order valence-electron chi connectivity index (χ1n) is 10.2. The third-order valence-corrected chi connectivity index (χ3v) is 5.09. The molecule has 0 saturated carbocycles. The number of benzene rings is 2. The third-order valence-electron chi connectivity index (χ3n) is 5.09. The van der Waals surface area contributed by atoms with Crippen LogP contribution in [0.3, 0.4) is 0 Å². The van der Waals surface area contributed by atoms with Crippen molar-refractivity contribution in [1.82, 2.24) is 10.2 Å². The number of ether oxygens (including phenoxy) is 1. The van der Waals surface area contributed by atoms with Crippen molar-refractivity contribution in [3.05, 3.63) is 65.2 Å². The first kappa shape index (κ1) is 22.5. The van der Waals surface area contributed by atoms with Crippen LogP contribution in [0.25, 0.3) is 0 Å². The highest BCUT2D eigenvalue weighted by atomic mass is 16.5. The molecule has 29 heavy (non-hydrogen) atoms. The SMILES string of the molecule is CC[C@H](C)NC(=O)[C@@H](C)N(Cc1ccc(C)cc1)C(=O)COc1ccccc1C. The molecule has 1 N–H and O–H groups in total. The van der Waals surface area contributed by atoms with Crippen LogP contribution in [0.1, 0.15) is 43.9 Å². The van der Waals surface area contributed by atoms with Gasteiger partial charge in [0.05, 0.1) is 0 Å². The number of carbonyl (C=O) groups excluding carboxylic acids is 2. The Morgan fingerprint density at radius 1 is 1.03 bits per heavy atom. The van der Waals surface area contributed by atoms with E-state index in [2.05, 4.69) is 5.32 Å². The van der Waals surface area contributed by atoms with Gasteiger partial charge in [0.2, 0.25) is 5.91 Å². The zero-order valence-electron chi connectivity index (χ0n) is 18.1. The number of hydrogen-bond donors (Lipinski definition) is 1. The van der Waals surface area contributed by atoms with Crippen LogP contribution in [0.4, 0.5) is 0 Å². The maximum Gasteiger partial charge on any atom is 0.261 e. The summed E-state index contributed by atoms with van der Waals surface area (Å²) in [5, 5.41) is 2.97. The summed E-state index contributed by atoms with van der Waals surface area (Å²) in [5.74, 6) is 0.296. The largest absolute Gasteiger partial charge is 0.484 e. The number of para-hydroxylation sites is 1. The van der Waals surface area contributed by atoms with E-state index in [9.17, 15) is 9.59 Å². The van der Waals surface area contributed by atoms with Crippen molar-refractivity contribution in [2.45, 2.75) is 59.7 Å². The Hall–Kier alpha value is -2.82. The molecule has 0 radical (unpaired) electrons. The monoisotopic (exact) mass is 396 g/mol. The zero-order chi connectivity index (χ0) is 21.4. The van der Waals surface area contributed by atoms with Gasteiger partial charge in [0, 0.05) is 12.6 Å². The summed E-state index contributed by atoms with van der Waals surface area (Å²) in [6.07, 6.45) is 0.834. The lowest BCUT2D eigenvalue weighted by molar-refractivity contribution is -0.142. The van der Waals surface area contributed by atoms with Crippen molar-refractivity contribution >= 4 is 11.8 Å². The molecule has 0 bridgehead atoms. The Labute approximate surface area is 174 Å².